The van der Waals surface area contributed by atoms with E-state index in [9.17, 15) is 0 Å². The predicted molar refractivity (Wildman–Crippen MR) is 56.7 cm³/mol. The summed E-state index contributed by atoms with van der Waals surface area (Å²) in [5.74, 6) is 0.700. The number of nitrogens with zero attached hydrogens (tertiary/aromatic N) is 2. The van der Waals surface area contributed by atoms with Gasteiger partial charge in [0, 0.05) is 37.6 Å². The number of hydrogen-bond acceptors (Lipinski definition) is 4. The molecule has 2 heterocycles. The standard InChI is InChI=1S/C9H15N3S/c1-12(2)9-11-6-8(13-9)7-3-4-10-5-7/h6-7,10H,3-5H2,1-2H3. The van der Waals surface area contributed by atoms with Crippen molar-refractivity contribution in [2.75, 3.05) is 32.1 Å². The van der Waals surface area contributed by atoms with Crippen LogP contribution in [0.1, 0.15) is 17.2 Å². The van der Waals surface area contributed by atoms with Gasteiger partial charge in [0.05, 0.1) is 0 Å². The van der Waals surface area contributed by atoms with Crippen LogP contribution in [-0.4, -0.2) is 32.2 Å². The van der Waals surface area contributed by atoms with E-state index in [0.717, 1.165) is 18.2 Å². The average molecular weight is 197 g/mol. The van der Waals surface area contributed by atoms with Crippen LogP contribution in [0.4, 0.5) is 5.13 Å². The lowest BCUT2D eigenvalue weighted by molar-refractivity contribution is 0.776. The van der Waals surface area contributed by atoms with Crippen LogP contribution >= 0.6 is 11.3 Å². The van der Waals surface area contributed by atoms with Crippen molar-refractivity contribution in [1.29, 1.82) is 0 Å². The first-order valence-electron chi connectivity index (χ1n) is 4.61. The molecule has 1 atom stereocenters. The van der Waals surface area contributed by atoms with Gasteiger partial charge in [-0.2, -0.15) is 0 Å². The molecule has 1 unspecified atom stereocenters. The molecular formula is C9H15N3S. The Kier molecular flexibility index (Phi) is 2.51. The van der Waals surface area contributed by atoms with Gasteiger partial charge in [-0.05, 0) is 13.0 Å². The van der Waals surface area contributed by atoms with E-state index in [4.69, 9.17) is 0 Å². The molecule has 1 fully saturated rings. The zero-order valence-corrected chi connectivity index (χ0v) is 8.90. The van der Waals surface area contributed by atoms with Gasteiger partial charge >= 0.3 is 0 Å². The molecule has 1 aliphatic rings. The van der Waals surface area contributed by atoms with E-state index in [0.29, 0.717) is 5.92 Å². The zero-order valence-electron chi connectivity index (χ0n) is 8.08. The predicted octanol–water partition coefficient (Wildman–Crippen LogP) is 1.29. The lowest BCUT2D eigenvalue weighted by Gasteiger charge is -2.06. The number of hydrogen-bond donors (Lipinski definition) is 1. The van der Waals surface area contributed by atoms with E-state index in [2.05, 4.69) is 15.2 Å². The molecule has 3 nitrogen and oxygen atoms in total. The van der Waals surface area contributed by atoms with Crippen LogP contribution in [0.25, 0.3) is 0 Å². The van der Waals surface area contributed by atoms with Crippen LogP contribution in [0, 0.1) is 0 Å². The van der Waals surface area contributed by atoms with Crippen LogP contribution in [0.2, 0.25) is 0 Å². The van der Waals surface area contributed by atoms with Gasteiger partial charge in [0.2, 0.25) is 0 Å². The van der Waals surface area contributed by atoms with Crippen molar-refractivity contribution in [2.24, 2.45) is 0 Å². The monoisotopic (exact) mass is 197 g/mol. The van der Waals surface area contributed by atoms with Crippen molar-refractivity contribution in [3.05, 3.63) is 11.1 Å². The van der Waals surface area contributed by atoms with Crippen molar-refractivity contribution in [1.82, 2.24) is 10.3 Å². The minimum absolute atomic E-state index is 0.700. The van der Waals surface area contributed by atoms with Crippen molar-refractivity contribution in [2.45, 2.75) is 12.3 Å². The summed E-state index contributed by atoms with van der Waals surface area (Å²) < 4.78 is 0. The molecule has 1 aromatic heterocycles. The smallest absolute Gasteiger partial charge is 0.184 e. The Bertz CT molecular complexity index is 276. The van der Waals surface area contributed by atoms with E-state index in [1.165, 1.54) is 11.3 Å². The summed E-state index contributed by atoms with van der Waals surface area (Å²) in [6.45, 7) is 2.27. The van der Waals surface area contributed by atoms with Gasteiger partial charge in [-0.25, -0.2) is 4.98 Å². The van der Waals surface area contributed by atoms with Crippen LogP contribution in [0.15, 0.2) is 6.20 Å². The molecule has 0 saturated carbocycles. The lowest BCUT2D eigenvalue weighted by atomic mass is 10.1. The molecule has 0 aromatic carbocycles. The van der Waals surface area contributed by atoms with E-state index in [-0.39, 0.29) is 0 Å². The highest BCUT2D eigenvalue weighted by atomic mass is 32.1. The fourth-order valence-electron chi connectivity index (χ4n) is 1.57. The quantitative estimate of drug-likeness (QED) is 0.774. The molecule has 0 bridgehead atoms. The lowest BCUT2D eigenvalue weighted by Crippen LogP contribution is -2.07. The molecule has 13 heavy (non-hydrogen) atoms. The maximum absolute atomic E-state index is 4.38. The summed E-state index contributed by atoms with van der Waals surface area (Å²) >= 11 is 1.81. The molecule has 1 saturated heterocycles. The normalized spacial score (nSPS) is 22.2. The van der Waals surface area contributed by atoms with Crippen LogP contribution in [0.5, 0.6) is 0 Å². The summed E-state index contributed by atoms with van der Waals surface area (Å²) in [7, 11) is 4.07. The molecule has 4 heteroatoms. The molecule has 0 radical (unpaired) electrons. The van der Waals surface area contributed by atoms with Gasteiger partial charge in [-0.3, -0.25) is 0 Å². The van der Waals surface area contributed by atoms with E-state index in [1.54, 1.807) is 0 Å². The third kappa shape index (κ3) is 1.84. The summed E-state index contributed by atoms with van der Waals surface area (Å²) in [5, 5.41) is 4.49. The SMILES string of the molecule is CN(C)c1ncc(C2CCNC2)s1. The highest BCUT2D eigenvalue weighted by molar-refractivity contribution is 7.15. The first-order valence-corrected chi connectivity index (χ1v) is 5.43. The summed E-state index contributed by atoms with van der Waals surface area (Å²) in [5.41, 5.74) is 0. The molecule has 72 valence electrons. The Balaban J connectivity index is 2.12. The highest BCUT2D eigenvalue weighted by Gasteiger charge is 2.19. The van der Waals surface area contributed by atoms with Crippen molar-refractivity contribution < 1.29 is 0 Å². The van der Waals surface area contributed by atoms with Crippen LogP contribution < -0.4 is 10.2 Å². The Morgan fingerprint density at radius 3 is 3.00 bits per heavy atom. The first kappa shape index (κ1) is 8.97. The Morgan fingerprint density at radius 2 is 2.46 bits per heavy atom. The van der Waals surface area contributed by atoms with E-state index < -0.39 is 0 Å². The minimum atomic E-state index is 0.700. The van der Waals surface area contributed by atoms with Gasteiger partial charge in [0.25, 0.3) is 0 Å². The summed E-state index contributed by atoms with van der Waals surface area (Å²) in [6, 6.07) is 0. The topological polar surface area (TPSA) is 28.2 Å². The van der Waals surface area contributed by atoms with Gasteiger partial charge in [-0.15, -0.1) is 11.3 Å². The van der Waals surface area contributed by atoms with Gasteiger partial charge in [0.1, 0.15) is 0 Å². The molecular weight excluding hydrogens is 182 g/mol. The van der Waals surface area contributed by atoms with Crippen molar-refractivity contribution in [3.63, 3.8) is 0 Å². The number of thiazole rings is 1. The van der Waals surface area contributed by atoms with E-state index in [1.807, 2.05) is 31.6 Å². The second kappa shape index (κ2) is 3.64. The van der Waals surface area contributed by atoms with Crippen LogP contribution in [0.3, 0.4) is 0 Å². The first-order chi connectivity index (χ1) is 6.27. The second-order valence-corrected chi connectivity index (χ2v) is 4.67. The molecule has 1 aromatic rings. The number of anilines is 1. The fourth-order valence-corrected chi connectivity index (χ4v) is 2.54. The third-order valence-corrected chi connectivity index (χ3v) is 3.68. The molecule has 0 aliphatic carbocycles. The second-order valence-electron chi connectivity index (χ2n) is 3.63. The molecule has 0 spiro atoms. The van der Waals surface area contributed by atoms with Gasteiger partial charge < -0.3 is 10.2 Å². The molecule has 1 N–H and O–H groups in total. The number of nitrogens with one attached hydrogen (secondary N) is 1. The van der Waals surface area contributed by atoms with Gasteiger partial charge in [-0.1, -0.05) is 0 Å². The third-order valence-electron chi connectivity index (χ3n) is 2.36. The number of aromatic nitrogens is 1. The average Bonchev–Trinajstić information content (AvgIpc) is 2.75. The van der Waals surface area contributed by atoms with Gasteiger partial charge in [0.15, 0.2) is 5.13 Å². The highest BCUT2D eigenvalue weighted by Crippen LogP contribution is 2.30. The zero-order chi connectivity index (χ0) is 9.26. The summed E-state index contributed by atoms with van der Waals surface area (Å²) in [4.78, 5) is 7.87. The van der Waals surface area contributed by atoms with Crippen molar-refractivity contribution in [3.8, 4) is 0 Å². The largest absolute Gasteiger partial charge is 0.354 e. The Morgan fingerprint density at radius 1 is 1.62 bits per heavy atom. The Labute approximate surface area is 82.8 Å². The Hall–Kier alpha value is -0.610. The number of rotatable bonds is 2. The van der Waals surface area contributed by atoms with Crippen LogP contribution in [-0.2, 0) is 0 Å². The maximum atomic E-state index is 4.38. The maximum Gasteiger partial charge on any atom is 0.184 e. The minimum Gasteiger partial charge on any atom is -0.354 e. The molecule has 2 rings (SSSR count). The summed E-state index contributed by atoms with van der Waals surface area (Å²) in [6.07, 6.45) is 3.28. The molecule has 0 amide bonds. The molecule has 1 aliphatic heterocycles. The van der Waals surface area contributed by atoms with E-state index >= 15 is 0 Å². The van der Waals surface area contributed by atoms with Crippen molar-refractivity contribution >= 4 is 16.5 Å². The fraction of sp³-hybridized carbons (Fsp3) is 0.667.